The maximum Gasteiger partial charge on any atom is 0.246 e. The van der Waals surface area contributed by atoms with Crippen LogP contribution in [-0.4, -0.2) is 21.7 Å². The first-order chi connectivity index (χ1) is 16.0. The van der Waals surface area contributed by atoms with Gasteiger partial charge in [0.15, 0.2) is 0 Å². The Balaban J connectivity index is 1.47. The van der Waals surface area contributed by atoms with Crippen LogP contribution >= 0.6 is 11.6 Å². The molecule has 0 saturated heterocycles. The van der Waals surface area contributed by atoms with Crippen molar-refractivity contribution in [3.05, 3.63) is 107 Å². The number of nitrogens with zero attached hydrogens (tertiary/aromatic N) is 2. The highest BCUT2D eigenvalue weighted by Crippen LogP contribution is 2.22. The van der Waals surface area contributed by atoms with Gasteiger partial charge in [-0.15, -0.1) is 0 Å². The van der Waals surface area contributed by atoms with Gasteiger partial charge in [-0.25, -0.2) is 0 Å². The second-order valence-corrected chi connectivity index (χ2v) is 8.65. The van der Waals surface area contributed by atoms with Gasteiger partial charge < -0.3 is 5.32 Å². The van der Waals surface area contributed by atoms with Gasteiger partial charge in [-0.1, -0.05) is 66.2 Å². The highest BCUT2D eigenvalue weighted by molar-refractivity contribution is 6.30. The van der Waals surface area contributed by atoms with E-state index >= 15 is 0 Å². The van der Waals surface area contributed by atoms with Crippen LogP contribution in [0.4, 0.5) is 5.69 Å². The van der Waals surface area contributed by atoms with Crippen molar-refractivity contribution < 1.29 is 4.79 Å². The van der Waals surface area contributed by atoms with E-state index in [1.54, 1.807) is 4.68 Å². The van der Waals surface area contributed by atoms with Gasteiger partial charge >= 0.3 is 0 Å². The van der Waals surface area contributed by atoms with Crippen molar-refractivity contribution in [1.29, 1.82) is 0 Å². The van der Waals surface area contributed by atoms with Gasteiger partial charge in [0.1, 0.15) is 6.04 Å². The van der Waals surface area contributed by atoms with Crippen LogP contribution in [0.5, 0.6) is 0 Å². The van der Waals surface area contributed by atoms with Gasteiger partial charge in [0.2, 0.25) is 5.91 Å². The number of hydrogen-bond acceptors (Lipinski definition) is 3. The first-order valence-electron chi connectivity index (χ1n) is 10.9. The fraction of sp³-hybridized carbons (Fsp3) is 0.185. The quantitative estimate of drug-likeness (QED) is 0.359. The third-order valence-electron chi connectivity index (χ3n) is 5.49. The number of benzene rings is 3. The van der Waals surface area contributed by atoms with Crippen molar-refractivity contribution in [2.75, 3.05) is 5.32 Å². The second kappa shape index (κ2) is 10.5. The number of rotatable bonds is 8. The molecule has 0 aliphatic heterocycles. The molecule has 2 N–H and O–H groups in total. The number of carbonyl (C=O) groups is 1. The van der Waals surface area contributed by atoms with Crippen LogP contribution < -0.4 is 10.6 Å². The predicted molar refractivity (Wildman–Crippen MR) is 134 cm³/mol. The molecule has 6 heteroatoms. The topological polar surface area (TPSA) is 59.0 Å². The Kier molecular flexibility index (Phi) is 7.23. The average molecular weight is 459 g/mol. The van der Waals surface area contributed by atoms with Crippen molar-refractivity contribution >= 4 is 23.2 Å². The number of aromatic nitrogens is 2. The lowest BCUT2D eigenvalue weighted by Crippen LogP contribution is -2.39. The molecular formula is C27H27ClN4O. The minimum atomic E-state index is -0.480. The Morgan fingerprint density at radius 2 is 1.67 bits per heavy atom. The molecule has 168 valence electrons. The van der Waals surface area contributed by atoms with Crippen LogP contribution in [0.2, 0.25) is 5.02 Å². The molecule has 5 nitrogen and oxygen atoms in total. The molecule has 1 amide bonds. The summed E-state index contributed by atoms with van der Waals surface area (Å²) in [5.74, 6) is -0.0988. The summed E-state index contributed by atoms with van der Waals surface area (Å²) in [4.78, 5) is 13.3. The van der Waals surface area contributed by atoms with Gasteiger partial charge in [-0.05, 0) is 54.3 Å². The highest BCUT2D eigenvalue weighted by atomic mass is 35.5. The maximum atomic E-state index is 13.3. The first kappa shape index (κ1) is 22.8. The molecule has 0 aliphatic carbocycles. The van der Waals surface area contributed by atoms with Crippen molar-refractivity contribution in [2.45, 2.75) is 25.4 Å². The lowest BCUT2D eigenvalue weighted by molar-refractivity contribution is -0.118. The highest BCUT2D eigenvalue weighted by Gasteiger charge is 2.22. The number of halogens is 1. The normalized spacial score (nSPS) is 12.8. The third kappa shape index (κ3) is 6.09. The summed E-state index contributed by atoms with van der Waals surface area (Å²) >= 11 is 6.00. The largest absolute Gasteiger partial charge is 0.324 e. The molecule has 33 heavy (non-hydrogen) atoms. The fourth-order valence-electron chi connectivity index (χ4n) is 3.82. The Morgan fingerprint density at radius 1 is 0.970 bits per heavy atom. The molecule has 3 aromatic carbocycles. The summed E-state index contributed by atoms with van der Waals surface area (Å²) in [6, 6.07) is 25.0. The molecule has 0 spiro atoms. The van der Waals surface area contributed by atoms with Crippen LogP contribution in [0, 0.1) is 0 Å². The van der Waals surface area contributed by atoms with E-state index < -0.39 is 6.04 Å². The minimum Gasteiger partial charge on any atom is -0.324 e. The summed E-state index contributed by atoms with van der Waals surface area (Å²) in [5.41, 5.74) is 4.92. The van der Waals surface area contributed by atoms with Crippen LogP contribution in [0.3, 0.4) is 0 Å². The smallest absolute Gasteiger partial charge is 0.246 e. The summed E-state index contributed by atoms with van der Waals surface area (Å²) in [7, 11) is 1.89. The fourth-order valence-corrected chi connectivity index (χ4v) is 3.94. The van der Waals surface area contributed by atoms with Gasteiger partial charge in [0.05, 0.1) is 6.20 Å². The maximum absolute atomic E-state index is 13.3. The van der Waals surface area contributed by atoms with Crippen LogP contribution in [0.25, 0.3) is 11.1 Å². The number of aryl methyl sites for hydroxylation is 1. The zero-order chi connectivity index (χ0) is 23.2. The van der Waals surface area contributed by atoms with Gasteiger partial charge in [-0.2, -0.15) is 5.10 Å². The zero-order valence-electron chi connectivity index (χ0n) is 18.7. The molecule has 4 rings (SSSR count). The second-order valence-electron chi connectivity index (χ2n) is 8.21. The molecule has 0 fully saturated rings. The average Bonchev–Trinajstić information content (AvgIpc) is 3.26. The van der Waals surface area contributed by atoms with Crippen LogP contribution in [0.15, 0.2) is 91.3 Å². The number of amides is 1. The van der Waals surface area contributed by atoms with E-state index in [1.165, 1.54) is 0 Å². The molecular weight excluding hydrogens is 432 g/mol. The van der Waals surface area contributed by atoms with Crippen LogP contribution in [0.1, 0.15) is 24.1 Å². The van der Waals surface area contributed by atoms with Crippen molar-refractivity contribution in [3.8, 4) is 11.1 Å². The van der Waals surface area contributed by atoms with Crippen molar-refractivity contribution in [2.24, 2.45) is 7.05 Å². The van der Waals surface area contributed by atoms with Crippen molar-refractivity contribution in [3.63, 3.8) is 0 Å². The Hall–Kier alpha value is -3.41. The molecule has 1 aromatic heterocycles. The molecule has 0 aliphatic rings. The van der Waals surface area contributed by atoms with E-state index in [4.69, 9.17) is 11.6 Å². The SMILES string of the molecule is C[C@@H](Cc1ccc(Cl)cc1)N[C@@H](C(=O)Nc1ccc(-c2cnn(C)c2)cc1)c1ccccc1. The zero-order valence-corrected chi connectivity index (χ0v) is 19.5. The summed E-state index contributed by atoms with van der Waals surface area (Å²) < 4.78 is 1.77. The lowest BCUT2D eigenvalue weighted by Gasteiger charge is -2.23. The Morgan fingerprint density at radius 3 is 2.30 bits per heavy atom. The molecule has 1 heterocycles. The molecule has 0 bridgehead atoms. The molecule has 2 atom stereocenters. The van der Waals surface area contributed by atoms with E-state index in [-0.39, 0.29) is 11.9 Å². The van der Waals surface area contributed by atoms with E-state index in [1.807, 2.05) is 98.3 Å². The third-order valence-corrected chi connectivity index (χ3v) is 5.74. The number of nitrogens with one attached hydrogen (secondary N) is 2. The minimum absolute atomic E-state index is 0.0788. The van der Waals surface area contributed by atoms with Gasteiger partial charge in [0.25, 0.3) is 0 Å². The Bertz CT molecular complexity index is 1190. The van der Waals surface area contributed by atoms with Gasteiger partial charge in [-0.3, -0.25) is 14.8 Å². The van der Waals surface area contributed by atoms with Crippen LogP contribution in [-0.2, 0) is 18.3 Å². The standard InChI is InChI=1S/C27H27ClN4O/c1-19(16-20-8-12-24(28)13-9-20)30-26(22-6-4-3-5-7-22)27(33)31-25-14-10-21(11-15-25)23-17-29-32(2)18-23/h3-15,17-19,26,30H,16H2,1-2H3,(H,31,33)/t19-,26+/m0/s1. The monoisotopic (exact) mass is 458 g/mol. The summed E-state index contributed by atoms with van der Waals surface area (Å²) in [6.07, 6.45) is 4.57. The molecule has 0 unspecified atom stereocenters. The van der Waals surface area contributed by atoms with E-state index in [0.717, 1.165) is 39.4 Å². The number of hydrogen-bond donors (Lipinski definition) is 2. The number of carbonyl (C=O) groups excluding carboxylic acids is 1. The van der Waals surface area contributed by atoms with E-state index in [9.17, 15) is 4.79 Å². The van der Waals surface area contributed by atoms with E-state index in [2.05, 4.69) is 22.7 Å². The summed E-state index contributed by atoms with van der Waals surface area (Å²) in [5, 5.41) is 11.5. The Labute approximate surface area is 199 Å². The summed E-state index contributed by atoms with van der Waals surface area (Å²) in [6.45, 7) is 2.08. The predicted octanol–water partition coefficient (Wildman–Crippen LogP) is 5.64. The number of anilines is 1. The molecule has 4 aromatic rings. The van der Waals surface area contributed by atoms with Gasteiger partial charge in [0, 0.05) is 35.6 Å². The van der Waals surface area contributed by atoms with Crippen molar-refractivity contribution in [1.82, 2.24) is 15.1 Å². The van der Waals surface area contributed by atoms with E-state index in [0.29, 0.717) is 0 Å². The molecule has 0 radical (unpaired) electrons. The first-order valence-corrected chi connectivity index (χ1v) is 11.3. The lowest BCUT2D eigenvalue weighted by atomic mass is 10.0. The molecule has 0 saturated carbocycles.